The maximum Gasteiger partial charge on any atom is 0.224 e. The Hall–Kier alpha value is -3.21. The number of aryl methyl sites for hydroxylation is 1. The minimum Gasteiger partial charge on any atom is -0.356 e. The van der Waals surface area contributed by atoms with E-state index >= 15 is 0 Å². The molecule has 4 rings (SSSR count). The Morgan fingerprint density at radius 2 is 1.81 bits per heavy atom. The average Bonchev–Trinajstić information content (AvgIpc) is 3.01. The summed E-state index contributed by atoms with van der Waals surface area (Å²) in [4.78, 5) is 31.7. The quantitative estimate of drug-likeness (QED) is 0.556. The summed E-state index contributed by atoms with van der Waals surface area (Å²) in [5, 5.41) is 4.11. The molecule has 0 atom stereocenters. The van der Waals surface area contributed by atoms with Crippen LogP contribution in [0.1, 0.15) is 43.4 Å². The van der Waals surface area contributed by atoms with Gasteiger partial charge in [-0.2, -0.15) is 0 Å². The van der Waals surface area contributed by atoms with Crippen LogP contribution >= 0.6 is 0 Å². The monoisotopic (exact) mass is 429 g/mol. The number of nitrogens with zero attached hydrogens (tertiary/aromatic N) is 2. The van der Waals surface area contributed by atoms with Crippen molar-refractivity contribution in [3.05, 3.63) is 65.9 Å². The van der Waals surface area contributed by atoms with Crippen molar-refractivity contribution in [3.63, 3.8) is 0 Å². The van der Waals surface area contributed by atoms with Crippen molar-refractivity contribution in [2.45, 2.75) is 45.4 Å². The number of fused-ring (bicyclic) bond motifs is 1. The summed E-state index contributed by atoms with van der Waals surface area (Å²) in [6.45, 7) is 4.11. The van der Waals surface area contributed by atoms with E-state index in [1.54, 1.807) is 0 Å². The molecule has 2 amide bonds. The minimum absolute atomic E-state index is 0.00967. The third kappa shape index (κ3) is 5.16. The molecule has 0 radical (unpaired) electrons. The zero-order valence-corrected chi connectivity index (χ0v) is 18.8. The summed E-state index contributed by atoms with van der Waals surface area (Å²) in [6.07, 6.45) is 4.92. The van der Waals surface area contributed by atoms with E-state index in [1.165, 1.54) is 0 Å². The van der Waals surface area contributed by atoms with Crippen LogP contribution < -0.4 is 5.32 Å². The molecule has 1 N–H and O–H groups in total. The number of amides is 2. The Balaban J connectivity index is 1.46. The van der Waals surface area contributed by atoms with Gasteiger partial charge in [0, 0.05) is 37.1 Å². The Morgan fingerprint density at radius 3 is 2.66 bits per heavy atom. The Kier molecular flexibility index (Phi) is 7.15. The molecule has 2 aromatic carbocycles. The summed E-state index contributed by atoms with van der Waals surface area (Å²) in [6, 6.07) is 18.3. The van der Waals surface area contributed by atoms with Gasteiger partial charge in [-0.1, -0.05) is 55.0 Å². The number of likely N-dealkylation sites (tertiary alicyclic amines) is 1. The molecule has 0 saturated carbocycles. The van der Waals surface area contributed by atoms with Gasteiger partial charge in [0.1, 0.15) is 0 Å². The smallest absolute Gasteiger partial charge is 0.224 e. The van der Waals surface area contributed by atoms with Gasteiger partial charge < -0.3 is 10.2 Å². The van der Waals surface area contributed by atoms with Gasteiger partial charge in [-0.05, 0) is 48.9 Å². The van der Waals surface area contributed by atoms with Crippen LogP contribution in [0.4, 0.5) is 0 Å². The summed E-state index contributed by atoms with van der Waals surface area (Å²) < 4.78 is 0. The predicted octanol–water partition coefficient (Wildman–Crippen LogP) is 4.66. The number of nitrogens with one attached hydrogen (secondary N) is 1. The van der Waals surface area contributed by atoms with E-state index < -0.39 is 0 Å². The molecule has 1 aromatic heterocycles. The molecule has 1 saturated heterocycles. The molecule has 166 valence electrons. The van der Waals surface area contributed by atoms with Gasteiger partial charge in [0.15, 0.2) is 0 Å². The van der Waals surface area contributed by atoms with Crippen molar-refractivity contribution >= 4 is 22.7 Å². The second kappa shape index (κ2) is 10.4. The predicted molar refractivity (Wildman–Crippen MR) is 128 cm³/mol. The first-order chi connectivity index (χ1) is 15.6. The number of carbonyl (C=O) groups excluding carboxylic acids is 2. The normalized spacial score (nSPS) is 14.4. The molecular formula is C27H31N3O2. The lowest BCUT2D eigenvalue weighted by atomic mass is 9.92. The zero-order chi connectivity index (χ0) is 22.3. The number of para-hydroxylation sites is 1. The van der Waals surface area contributed by atoms with Gasteiger partial charge in [-0.3, -0.25) is 14.6 Å². The molecule has 1 fully saturated rings. The first-order valence-electron chi connectivity index (χ1n) is 11.6. The molecule has 5 heteroatoms. The third-order valence-electron chi connectivity index (χ3n) is 6.20. The number of pyridine rings is 1. The lowest BCUT2D eigenvalue weighted by Gasteiger charge is -2.20. The van der Waals surface area contributed by atoms with Gasteiger partial charge in [0.25, 0.3) is 0 Å². The SMILES string of the molecule is Cc1nc2ccccc2c(-c2ccccc2)c1CC(=O)NCCCN1CCCCCC1=O. The van der Waals surface area contributed by atoms with E-state index in [0.29, 0.717) is 19.5 Å². The maximum absolute atomic E-state index is 12.8. The van der Waals surface area contributed by atoms with E-state index in [4.69, 9.17) is 4.98 Å². The Labute approximate surface area is 189 Å². The Morgan fingerprint density at radius 1 is 1.03 bits per heavy atom. The van der Waals surface area contributed by atoms with Crippen molar-refractivity contribution in [1.82, 2.24) is 15.2 Å². The van der Waals surface area contributed by atoms with Gasteiger partial charge in [0.2, 0.25) is 11.8 Å². The number of hydrogen-bond acceptors (Lipinski definition) is 3. The van der Waals surface area contributed by atoms with Crippen molar-refractivity contribution in [2.75, 3.05) is 19.6 Å². The second-order valence-corrected chi connectivity index (χ2v) is 8.51. The zero-order valence-electron chi connectivity index (χ0n) is 18.8. The highest BCUT2D eigenvalue weighted by Gasteiger charge is 2.18. The van der Waals surface area contributed by atoms with Gasteiger partial charge in [-0.15, -0.1) is 0 Å². The van der Waals surface area contributed by atoms with E-state index in [1.807, 2.05) is 48.2 Å². The van der Waals surface area contributed by atoms with Gasteiger partial charge >= 0.3 is 0 Å². The van der Waals surface area contributed by atoms with Crippen molar-refractivity contribution < 1.29 is 9.59 Å². The van der Waals surface area contributed by atoms with E-state index in [2.05, 4.69) is 23.5 Å². The second-order valence-electron chi connectivity index (χ2n) is 8.51. The molecule has 5 nitrogen and oxygen atoms in total. The fourth-order valence-corrected chi connectivity index (χ4v) is 4.52. The number of hydrogen-bond donors (Lipinski definition) is 1. The van der Waals surface area contributed by atoms with Crippen LogP contribution in [0.5, 0.6) is 0 Å². The molecule has 2 heterocycles. The highest BCUT2D eigenvalue weighted by molar-refractivity contribution is 5.98. The molecule has 0 aliphatic carbocycles. The number of benzene rings is 2. The summed E-state index contributed by atoms with van der Waals surface area (Å²) >= 11 is 0. The number of aromatic nitrogens is 1. The van der Waals surface area contributed by atoms with Crippen LogP contribution in [0.3, 0.4) is 0 Å². The summed E-state index contributed by atoms with van der Waals surface area (Å²) in [5.74, 6) is 0.240. The molecule has 3 aromatic rings. The fraction of sp³-hybridized carbons (Fsp3) is 0.370. The fourth-order valence-electron chi connectivity index (χ4n) is 4.52. The van der Waals surface area contributed by atoms with E-state index in [9.17, 15) is 9.59 Å². The van der Waals surface area contributed by atoms with E-state index in [0.717, 1.165) is 65.5 Å². The summed E-state index contributed by atoms with van der Waals surface area (Å²) in [5.41, 5.74) is 4.97. The van der Waals surface area contributed by atoms with Crippen LogP contribution in [0.2, 0.25) is 0 Å². The lowest BCUT2D eigenvalue weighted by Crippen LogP contribution is -2.34. The standard InChI is InChI=1S/C27H31N3O2/c1-20-23(19-25(31)28-16-10-18-30-17-9-3-6-15-26(30)32)27(21-11-4-2-5-12-21)22-13-7-8-14-24(22)29-20/h2,4-5,7-8,11-14H,3,6,9-10,15-19H2,1H3,(H,28,31). The highest BCUT2D eigenvalue weighted by atomic mass is 16.2. The van der Waals surface area contributed by atoms with Gasteiger partial charge in [0.05, 0.1) is 11.9 Å². The topological polar surface area (TPSA) is 62.3 Å². The van der Waals surface area contributed by atoms with Crippen LogP contribution in [-0.2, 0) is 16.0 Å². The Bertz CT molecular complexity index is 1090. The molecule has 32 heavy (non-hydrogen) atoms. The van der Waals surface area contributed by atoms with Gasteiger partial charge in [-0.25, -0.2) is 0 Å². The first kappa shape index (κ1) is 22.0. The lowest BCUT2D eigenvalue weighted by molar-refractivity contribution is -0.130. The molecule has 0 unspecified atom stereocenters. The first-order valence-corrected chi connectivity index (χ1v) is 11.6. The van der Waals surface area contributed by atoms with Crippen LogP contribution in [0.25, 0.3) is 22.0 Å². The van der Waals surface area contributed by atoms with Crippen LogP contribution in [0.15, 0.2) is 54.6 Å². The minimum atomic E-state index is -0.00967. The van der Waals surface area contributed by atoms with Crippen molar-refractivity contribution in [1.29, 1.82) is 0 Å². The molecule has 0 bridgehead atoms. The number of carbonyl (C=O) groups is 2. The van der Waals surface area contributed by atoms with E-state index in [-0.39, 0.29) is 18.2 Å². The maximum atomic E-state index is 12.8. The summed E-state index contributed by atoms with van der Waals surface area (Å²) in [7, 11) is 0. The van der Waals surface area contributed by atoms with Crippen molar-refractivity contribution in [2.24, 2.45) is 0 Å². The van der Waals surface area contributed by atoms with Crippen LogP contribution in [0, 0.1) is 6.92 Å². The molecule has 1 aliphatic rings. The van der Waals surface area contributed by atoms with Crippen LogP contribution in [-0.4, -0.2) is 41.3 Å². The highest BCUT2D eigenvalue weighted by Crippen LogP contribution is 2.33. The molecular weight excluding hydrogens is 398 g/mol. The third-order valence-corrected chi connectivity index (χ3v) is 6.20. The molecule has 1 aliphatic heterocycles. The largest absolute Gasteiger partial charge is 0.356 e. The number of rotatable bonds is 7. The molecule has 0 spiro atoms. The average molecular weight is 430 g/mol. The van der Waals surface area contributed by atoms with Crippen molar-refractivity contribution in [3.8, 4) is 11.1 Å².